The van der Waals surface area contributed by atoms with E-state index in [0.29, 0.717) is 5.92 Å². The Labute approximate surface area is 87.5 Å². The molecule has 82 valence electrons. The van der Waals surface area contributed by atoms with Crippen LogP contribution in [0.2, 0.25) is 0 Å². The maximum absolute atomic E-state index is 11.7. The second-order valence-electron chi connectivity index (χ2n) is 5.61. The van der Waals surface area contributed by atoms with Gasteiger partial charge < -0.3 is 5.32 Å². The quantitative estimate of drug-likeness (QED) is 0.724. The summed E-state index contributed by atoms with van der Waals surface area (Å²) in [6.07, 6.45) is 5.95. The highest BCUT2D eigenvalue weighted by Gasteiger charge is 2.22. The summed E-state index contributed by atoms with van der Waals surface area (Å²) in [4.78, 5) is 11.7. The highest BCUT2D eigenvalue weighted by molar-refractivity contribution is 5.78. The van der Waals surface area contributed by atoms with Crippen LogP contribution in [0.5, 0.6) is 0 Å². The van der Waals surface area contributed by atoms with Gasteiger partial charge in [0.05, 0.1) is 0 Å². The fourth-order valence-corrected chi connectivity index (χ4v) is 1.86. The normalized spacial score (nSPS) is 19.4. The smallest absolute Gasteiger partial charge is 0.223 e. The van der Waals surface area contributed by atoms with E-state index in [1.807, 2.05) is 0 Å². The van der Waals surface area contributed by atoms with Crippen molar-refractivity contribution in [1.29, 1.82) is 0 Å². The molecular weight excluding hydrogens is 174 g/mol. The Morgan fingerprint density at radius 1 is 1.21 bits per heavy atom. The van der Waals surface area contributed by atoms with Gasteiger partial charge in [-0.25, -0.2) is 0 Å². The van der Waals surface area contributed by atoms with Crippen molar-refractivity contribution in [1.82, 2.24) is 5.32 Å². The highest BCUT2D eigenvalue weighted by atomic mass is 16.1. The third kappa shape index (κ3) is 4.12. The fourth-order valence-electron chi connectivity index (χ4n) is 1.86. The lowest BCUT2D eigenvalue weighted by Gasteiger charge is -2.24. The first kappa shape index (κ1) is 11.5. The van der Waals surface area contributed by atoms with E-state index >= 15 is 0 Å². The molecule has 1 amide bonds. The molecule has 0 heterocycles. The van der Waals surface area contributed by atoms with Gasteiger partial charge in [-0.2, -0.15) is 0 Å². The maximum Gasteiger partial charge on any atom is 0.223 e. The lowest BCUT2D eigenvalue weighted by atomic mass is 9.88. The predicted molar refractivity (Wildman–Crippen MR) is 59.0 cm³/mol. The van der Waals surface area contributed by atoms with Crippen molar-refractivity contribution in [3.05, 3.63) is 0 Å². The van der Waals surface area contributed by atoms with Crippen molar-refractivity contribution in [2.45, 2.75) is 52.9 Å². The van der Waals surface area contributed by atoms with Crippen LogP contribution in [0.1, 0.15) is 52.9 Å². The molecule has 1 fully saturated rings. The second-order valence-corrected chi connectivity index (χ2v) is 5.61. The molecule has 0 radical (unpaired) electrons. The first-order valence-corrected chi connectivity index (χ1v) is 5.77. The summed E-state index contributed by atoms with van der Waals surface area (Å²) < 4.78 is 0. The van der Waals surface area contributed by atoms with Crippen molar-refractivity contribution in [3.63, 3.8) is 0 Å². The van der Waals surface area contributed by atoms with Gasteiger partial charge in [0.25, 0.3) is 0 Å². The van der Waals surface area contributed by atoms with Gasteiger partial charge in [-0.05, 0) is 18.3 Å². The van der Waals surface area contributed by atoms with Crippen LogP contribution in [0.3, 0.4) is 0 Å². The molecule has 1 rings (SSSR count). The molecular formula is C12H23NO. The predicted octanol–water partition coefficient (Wildman–Crippen LogP) is 2.73. The number of rotatable bonds is 2. The van der Waals surface area contributed by atoms with E-state index in [2.05, 4.69) is 26.1 Å². The zero-order valence-electron chi connectivity index (χ0n) is 9.73. The molecule has 0 aromatic rings. The summed E-state index contributed by atoms with van der Waals surface area (Å²) in [6, 6.07) is 0. The summed E-state index contributed by atoms with van der Waals surface area (Å²) in [5.41, 5.74) is 0.199. The number of hydrogen-bond donors (Lipinski definition) is 1. The van der Waals surface area contributed by atoms with Gasteiger partial charge in [0.15, 0.2) is 0 Å². The van der Waals surface area contributed by atoms with Crippen molar-refractivity contribution < 1.29 is 4.79 Å². The second kappa shape index (κ2) is 4.81. The Morgan fingerprint density at radius 2 is 1.79 bits per heavy atom. The number of nitrogens with one attached hydrogen (secondary N) is 1. The molecule has 0 atom stereocenters. The Kier molecular flexibility index (Phi) is 3.97. The molecule has 1 aliphatic carbocycles. The van der Waals surface area contributed by atoms with Crippen molar-refractivity contribution in [2.75, 3.05) is 6.54 Å². The minimum Gasteiger partial charge on any atom is -0.355 e. The minimum absolute atomic E-state index is 0.199. The number of hydrogen-bond acceptors (Lipinski definition) is 1. The molecule has 0 saturated heterocycles. The van der Waals surface area contributed by atoms with Gasteiger partial charge in [0.2, 0.25) is 5.91 Å². The molecule has 0 aromatic heterocycles. The van der Waals surface area contributed by atoms with Crippen LogP contribution in [-0.2, 0) is 4.79 Å². The highest BCUT2D eigenvalue weighted by Crippen LogP contribution is 2.23. The van der Waals surface area contributed by atoms with E-state index in [9.17, 15) is 4.79 Å². The van der Waals surface area contributed by atoms with Crippen LogP contribution in [-0.4, -0.2) is 12.5 Å². The van der Waals surface area contributed by atoms with Crippen molar-refractivity contribution in [3.8, 4) is 0 Å². The first-order chi connectivity index (χ1) is 6.49. The average Bonchev–Trinajstić information content (AvgIpc) is 2.14. The van der Waals surface area contributed by atoms with Gasteiger partial charge in [-0.1, -0.05) is 40.0 Å². The monoisotopic (exact) mass is 197 g/mol. The van der Waals surface area contributed by atoms with Crippen LogP contribution in [0.25, 0.3) is 0 Å². The topological polar surface area (TPSA) is 29.1 Å². The maximum atomic E-state index is 11.7. The number of carbonyl (C=O) groups excluding carboxylic acids is 1. The van der Waals surface area contributed by atoms with Gasteiger partial charge in [0, 0.05) is 12.5 Å². The lowest BCUT2D eigenvalue weighted by Crippen LogP contribution is -2.37. The molecule has 0 unspecified atom stereocenters. The third-order valence-electron chi connectivity index (χ3n) is 2.77. The molecule has 0 bridgehead atoms. The Morgan fingerprint density at radius 3 is 2.29 bits per heavy atom. The largest absolute Gasteiger partial charge is 0.355 e. The fraction of sp³-hybridized carbons (Fsp3) is 0.917. The molecule has 1 N–H and O–H groups in total. The van der Waals surface area contributed by atoms with Gasteiger partial charge in [-0.15, -0.1) is 0 Å². The molecule has 2 heteroatoms. The van der Waals surface area contributed by atoms with Gasteiger partial charge >= 0.3 is 0 Å². The Hall–Kier alpha value is -0.530. The third-order valence-corrected chi connectivity index (χ3v) is 2.77. The van der Waals surface area contributed by atoms with Crippen molar-refractivity contribution >= 4 is 5.91 Å². The SMILES string of the molecule is CC(C)(C)CNC(=O)C1CCCCC1. The molecule has 1 saturated carbocycles. The minimum atomic E-state index is 0.199. The van der Waals surface area contributed by atoms with Crippen LogP contribution < -0.4 is 5.32 Å². The van der Waals surface area contributed by atoms with Crippen LogP contribution in [0.4, 0.5) is 0 Å². The summed E-state index contributed by atoms with van der Waals surface area (Å²) >= 11 is 0. The summed E-state index contributed by atoms with van der Waals surface area (Å²) in [5.74, 6) is 0.575. The number of amides is 1. The first-order valence-electron chi connectivity index (χ1n) is 5.77. The van der Waals surface area contributed by atoms with E-state index in [-0.39, 0.29) is 11.3 Å². The molecule has 14 heavy (non-hydrogen) atoms. The van der Waals surface area contributed by atoms with Crippen LogP contribution in [0.15, 0.2) is 0 Å². The standard InChI is InChI=1S/C12H23NO/c1-12(2,3)9-13-11(14)10-7-5-4-6-8-10/h10H,4-9H2,1-3H3,(H,13,14). The van der Waals surface area contributed by atoms with Crippen molar-refractivity contribution in [2.24, 2.45) is 11.3 Å². The van der Waals surface area contributed by atoms with E-state index in [1.165, 1.54) is 19.3 Å². The summed E-state index contributed by atoms with van der Waals surface area (Å²) in [6.45, 7) is 7.23. The van der Waals surface area contributed by atoms with E-state index in [0.717, 1.165) is 19.4 Å². The van der Waals surface area contributed by atoms with Gasteiger partial charge in [-0.3, -0.25) is 4.79 Å². The lowest BCUT2D eigenvalue weighted by molar-refractivity contribution is -0.126. The average molecular weight is 197 g/mol. The van der Waals surface area contributed by atoms with Gasteiger partial charge in [0.1, 0.15) is 0 Å². The molecule has 1 aliphatic rings. The number of carbonyl (C=O) groups is 1. The Balaban J connectivity index is 2.27. The summed E-state index contributed by atoms with van der Waals surface area (Å²) in [5, 5.41) is 3.05. The van der Waals surface area contributed by atoms with E-state index in [4.69, 9.17) is 0 Å². The molecule has 0 aliphatic heterocycles. The Bertz CT molecular complexity index is 187. The van der Waals surface area contributed by atoms with E-state index < -0.39 is 0 Å². The summed E-state index contributed by atoms with van der Waals surface area (Å²) in [7, 11) is 0. The molecule has 0 aromatic carbocycles. The molecule has 2 nitrogen and oxygen atoms in total. The zero-order valence-corrected chi connectivity index (χ0v) is 9.73. The molecule has 0 spiro atoms. The van der Waals surface area contributed by atoms with E-state index in [1.54, 1.807) is 0 Å². The van der Waals surface area contributed by atoms with Crippen LogP contribution >= 0.6 is 0 Å². The zero-order chi connectivity index (χ0) is 10.6. The van der Waals surface area contributed by atoms with Crippen LogP contribution in [0, 0.1) is 11.3 Å².